The fourth-order valence-corrected chi connectivity index (χ4v) is 3.82. The minimum absolute atomic E-state index is 0. The van der Waals surface area contributed by atoms with E-state index in [1.165, 1.54) is 0 Å². The van der Waals surface area contributed by atoms with Crippen molar-refractivity contribution in [3.8, 4) is 0 Å². The van der Waals surface area contributed by atoms with Gasteiger partial charge in [-0.2, -0.15) is 0 Å². The van der Waals surface area contributed by atoms with Gasteiger partial charge in [0.2, 0.25) is 0 Å². The number of carbonyl (C=O) groups excluding carboxylic acids is 1. The van der Waals surface area contributed by atoms with Crippen LogP contribution in [0, 0.1) is 0 Å². The second kappa shape index (κ2) is 7.91. The van der Waals surface area contributed by atoms with Crippen LogP contribution in [0.25, 0.3) is 0 Å². The molecule has 0 aliphatic heterocycles. The van der Waals surface area contributed by atoms with Gasteiger partial charge in [-0.15, -0.1) is 12.2 Å². The Morgan fingerprint density at radius 1 is 1.44 bits per heavy atom. The first kappa shape index (κ1) is 16.7. The summed E-state index contributed by atoms with van der Waals surface area (Å²) < 4.78 is 4.87. The zero-order chi connectivity index (χ0) is 11.3. The van der Waals surface area contributed by atoms with Crippen LogP contribution >= 0.6 is 17.5 Å². The second-order valence-electron chi connectivity index (χ2n) is 3.00. The molecule has 0 amide bonds. The molecule has 0 heterocycles. The van der Waals surface area contributed by atoms with Gasteiger partial charge in [0.1, 0.15) is 0 Å². The average Bonchev–Trinajstić information content (AvgIpc) is 2.18. The molecule has 1 rings (SSSR count). The summed E-state index contributed by atoms with van der Waals surface area (Å²) in [4.78, 5) is 11.3. The fraction of sp³-hybridized carbons (Fsp3) is 0.300. The van der Waals surface area contributed by atoms with E-state index in [0.717, 1.165) is 5.30 Å². The van der Waals surface area contributed by atoms with Crippen molar-refractivity contribution >= 4 is 40.6 Å². The van der Waals surface area contributed by atoms with Gasteiger partial charge in [-0.25, -0.2) is 0 Å². The maximum Gasteiger partial charge on any atom is 1.00 e. The molecule has 1 aromatic rings. The zero-order valence-corrected chi connectivity index (χ0v) is 14.0. The van der Waals surface area contributed by atoms with Crippen molar-refractivity contribution < 1.29 is 39.1 Å². The third-order valence-electron chi connectivity index (χ3n) is 1.81. The van der Waals surface area contributed by atoms with E-state index in [1.54, 1.807) is 6.92 Å². The van der Waals surface area contributed by atoms with Crippen molar-refractivity contribution in [1.29, 1.82) is 0 Å². The van der Waals surface area contributed by atoms with Crippen LogP contribution in [0.3, 0.4) is 0 Å². The molecule has 0 spiro atoms. The first-order valence-corrected chi connectivity index (χ1v) is 8.73. The molecule has 0 aliphatic rings. The molecular formula is C10H13NaO2PS2+. The molecule has 0 aliphatic carbocycles. The SMILES string of the molecule is CCOC(=O)CP(=S)(S)c1ccccc1.[Na+]. The number of rotatable bonds is 4. The van der Waals surface area contributed by atoms with Crippen LogP contribution in [-0.4, -0.2) is 18.7 Å². The first-order valence-electron chi connectivity index (χ1n) is 4.59. The summed E-state index contributed by atoms with van der Waals surface area (Å²) >= 11 is 9.81. The van der Waals surface area contributed by atoms with Crippen molar-refractivity contribution in [3.05, 3.63) is 30.3 Å². The van der Waals surface area contributed by atoms with Crippen molar-refractivity contribution in [2.24, 2.45) is 0 Å². The molecule has 82 valence electrons. The van der Waals surface area contributed by atoms with Gasteiger partial charge in [0.05, 0.1) is 12.8 Å². The number of carbonyl (C=O) groups is 1. The quantitative estimate of drug-likeness (QED) is 0.339. The Kier molecular flexibility index (Phi) is 8.25. The van der Waals surface area contributed by atoms with Crippen molar-refractivity contribution in [3.63, 3.8) is 0 Å². The van der Waals surface area contributed by atoms with E-state index in [-0.39, 0.29) is 41.7 Å². The summed E-state index contributed by atoms with van der Waals surface area (Å²) in [5.74, 6) is -0.264. The molecule has 0 fully saturated rings. The minimum atomic E-state index is -2.08. The Hall–Kier alpha value is 0.690. The van der Waals surface area contributed by atoms with Gasteiger partial charge < -0.3 is 4.74 Å². The zero-order valence-electron chi connectivity index (χ0n) is 9.42. The van der Waals surface area contributed by atoms with Crippen LogP contribution in [0.1, 0.15) is 6.92 Å². The maximum absolute atomic E-state index is 11.3. The first-order chi connectivity index (χ1) is 7.06. The molecule has 0 radical (unpaired) electrons. The third kappa shape index (κ3) is 5.35. The topological polar surface area (TPSA) is 26.3 Å². The Morgan fingerprint density at radius 3 is 2.50 bits per heavy atom. The number of ether oxygens (including phenoxy) is 1. The largest absolute Gasteiger partial charge is 1.00 e. The van der Waals surface area contributed by atoms with Gasteiger partial charge >= 0.3 is 35.5 Å². The number of benzene rings is 1. The summed E-state index contributed by atoms with van der Waals surface area (Å²) in [7, 11) is 0. The summed E-state index contributed by atoms with van der Waals surface area (Å²) in [6.45, 7) is 2.17. The molecule has 0 bridgehead atoms. The van der Waals surface area contributed by atoms with E-state index in [9.17, 15) is 4.79 Å². The van der Waals surface area contributed by atoms with E-state index in [1.807, 2.05) is 30.3 Å². The summed E-state index contributed by atoms with van der Waals surface area (Å²) in [5.41, 5.74) is 0. The van der Waals surface area contributed by atoms with Crippen LogP contribution in [0.4, 0.5) is 0 Å². The van der Waals surface area contributed by atoms with Crippen LogP contribution < -0.4 is 34.9 Å². The van der Waals surface area contributed by atoms with Crippen LogP contribution in [0.2, 0.25) is 0 Å². The van der Waals surface area contributed by atoms with Gasteiger partial charge in [-0.05, 0) is 12.2 Å². The van der Waals surface area contributed by atoms with Crippen LogP contribution in [0.15, 0.2) is 30.3 Å². The van der Waals surface area contributed by atoms with Crippen molar-refractivity contribution in [1.82, 2.24) is 0 Å². The molecule has 1 aromatic carbocycles. The molecule has 0 saturated carbocycles. The van der Waals surface area contributed by atoms with E-state index >= 15 is 0 Å². The molecule has 1 atom stereocenters. The summed E-state index contributed by atoms with van der Waals surface area (Å²) in [6.07, 6.45) is 0.212. The summed E-state index contributed by atoms with van der Waals surface area (Å²) in [5, 5.41) is -1.12. The van der Waals surface area contributed by atoms with Crippen molar-refractivity contribution in [2.45, 2.75) is 6.92 Å². The molecule has 0 N–H and O–H groups in total. The monoisotopic (exact) mass is 283 g/mol. The Labute approximate surface area is 129 Å². The van der Waals surface area contributed by atoms with E-state index in [0.29, 0.717) is 6.61 Å². The molecule has 1 unspecified atom stereocenters. The van der Waals surface area contributed by atoms with Crippen molar-refractivity contribution in [2.75, 3.05) is 12.8 Å². The molecule has 0 saturated heterocycles. The Morgan fingerprint density at radius 2 is 2.00 bits per heavy atom. The fourth-order valence-electron chi connectivity index (χ4n) is 1.13. The van der Waals surface area contributed by atoms with E-state index in [2.05, 4.69) is 12.2 Å². The normalized spacial score (nSPS) is 13.4. The Bertz CT molecular complexity index is 384. The van der Waals surface area contributed by atoms with Gasteiger partial charge in [-0.1, -0.05) is 42.1 Å². The van der Waals surface area contributed by atoms with Gasteiger partial charge in [0.25, 0.3) is 0 Å². The smallest absolute Gasteiger partial charge is 0.466 e. The van der Waals surface area contributed by atoms with E-state index in [4.69, 9.17) is 16.5 Å². The molecular weight excluding hydrogens is 270 g/mol. The number of thiol groups is 1. The predicted molar refractivity (Wildman–Crippen MR) is 70.8 cm³/mol. The number of esters is 1. The average molecular weight is 283 g/mol. The van der Waals surface area contributed by atoms with Gasteiger partial charge in [0, 0.05) is 5.24 Å². The molecule has 0 aromatic heterocycles. The van der Waals surface area contributed by atoms with Gasteiger partial charge in [0.15, 0.2) is 0 Å². The number of hydrogen-bond acceptors (Lipinski definition) is 3. The Balaban J connectivity index is 0.00000225. The number of hydrogen-bond donors (Lipinski definition) is 1. The molecule has 16 heavy (non-hydrogen) atoms. The predicted octanol–water partition coefficient (Wildman–Crippen LogP) is -0.797. The minimum Gasteiger partial charge on any atom is -0.466 e. The molecule has 2 nitrogen and oxygen atoms in total. The van der Waals surface area contributed by atoms with Gasteiger partial charge in [-0.3, -0.25) is 4.79 Å². The van der Waals surface area contributed by atoms with Crippen LogP contribution in [-0.2, 0) is 21.3 Å². The molecule has 6 heteroatoms. The van der Waals surface area contributed by atoms with E-state index < -0.39 is 5.24 Å². The second-order valence-corrected chi connectivity index (χ2v) is 9.97. The summed E-state index contributed by atoms with van der Waals surface area (Å²) in [6, 6.07) is 9.53. The maximum atomic E-state index is 11.3. The standard InChI is InChI=1S/C10H13O2PS2.Na/c1-2-12-10(11)8-13(14,15)9-6-4-3-5-7-9;/h3-7H,2,8H2,1H3,(H,14,15);/q;+1. The van der Waals surface area contributed by atoms with Crippen LogP contribution in [0.5, 0.6) is 0 Å². The third-order valence-corrected chi connectivity index (χ3v) is 5.74.